The maximum Gasteiger partial charge on any atom is 0.191 e. The van der Waals surface area contributed by atoms with E-state index in [9.17, 15) is 0 Å². The van der Waals surface area contributed by atoms with Gasteiger partial charge >= 0.3 is 0 Å². The van der Waals surface area contributed by atoms with Crippen molar-refractivity contribution in [3.8, 4) is 0 Å². The lowest BCUT2D eigenvalue weighted by Gasteiger charge is -2.27. The second-order valence-corrected chi connectivity index (χ2v) is 5.06. The smallest absolute Gasteiger partial charge is 0.191 e. The van der Waals surface area contributed by atoms with Gasteiger partial charge in [0.05, 0.1) is 19.8 Å². The van der Waals surface area contributed by atoms with Crippen LogP contribution < -0.4 is 5.73 Å². The molecule has 6 heteroatoms. The van der Waals surface area contributed by atoms with Crippen molar-refractivity contribution < 1.29 is 4.74 Å². The minimum Gasteiger partial charge on any atom is -0.378 e. The summed E-state index contributed by atoms with van der Waals surface area (Å²) in [4.78, 5) is 8.79. The van der Waals surface area contributed by atoms with Crippen molar-refractivity contribution in [2.45, 2.75) is 6.54 Å². The monoisotopic (exact) mass is 404 g/mol. The first-order valence-corrected chi connectivity index (χ1v) is 7.11. The average Bonchev–Trinajstić information content (AvgIpc) is 2.49. The molecule has 2 rings (SSSR count). The molecule has 1 heterocycles. The van der Waals surface area contributed by atoms with Crippen LogP contribution in [-0.2, 0) is 11.3 Å². The standard InChI is InChI=1S/C15H24N4O.HI/c1-18(13-14-5-3-2-4-6-14)8-7-17-15(16)19-9-11-20-12-10-19;/h2-6H,7-13H2,1H3,(H2,16,17);1H. The summed E-state index contributed by atoms with van der Waals surface area (Å²) in [6.07, 6.45) is 0. The van der Waals surface area contributed by atoms with Gasteiger partial charge in [-0.2, -0.15) is 0 Å². The highest BCUT2D eigenvalue weighted by molar-refractivity contribution is 14.0. The average molecular weight is 404 g/mol. The summed E-state index contributed by atoms with van der Waals surface area (Å²) in [5.41, 5.74) is 7.31. The molecule has 1 aromatic carbocycles. The molecule has 0 spiro atoms. The van der Waals surface area contributed by atoms with Gasteiger partial charge in [-0.1, -0.05) is 30.3 Å². The van der Waals surface area contributed by atoms with E-state index in [1.165, 1.54) is 5.56 Å². The summed E-state index contributed by atoms with van der Waals surface area (Å²) in [6, 6.07) is 10.5. The zero-order valence-corrected chi connectivity index (χ0v) is 14.9. The number of hydrogen-bond acceptors (Lipinski definition) is 3. The molecular weight excluding hydrogens is 379 g/mol. The van der Waals surface area contributed by atoms with Crippen LogP contribution in [0.1, 0.15) is 5.56 Å². The third kappa shape index (κ3) is 6.62. The number of ether oxygens (including phenoxy) is 1. The predicted molar refractivity (Wildman–Crippen MR) is 97.1 cm³/mol. The van der Waals surface area contributed by atoms with Gasteiger partial charge in [0.15, 0.2) is 5.96 Å². The first kappa shape index (κ1) is 18.2. The van der Waals surface area contributed by atoms with Crippen LogP contribution in [0.5, 0.6) is 0 Å². The zero-order chi connectivity index (χ0) is 14.2. The van der Waals surface area contributed by atoms with E-state index < -0.39 is 0 Å². The van der Waals surface area contributed by atoms with E-state index in [1.54, 1.807) is 0 Å². The van der Waals surface area contributed by atoms with E-state index in [4.69, 9.17) is 10.5 Å². The fourth-order valence-corrected chi connectivity index (χ4v) is 2.20. The van der Waals surface area contributed by atoms with Crippen LogP contribution in [0.2, 0.25) is 0 Å². The number of guanidine groups is 1. The zero-order valence-electron chi connectivity index (χ0n) is 12.6. The van der Waals surface area contributed by atoms with Crippen LogP contribution in [0.15, 0.2) is 35.3 Å². The molecule has 0 radical (unpaired) electrons. The molecule has 0 aliphatic carbocycles. The summed E-state index contributed by atoms with van der Waals surface area (Å²) in [5.74, 6) is 0.640. The summed E-state index contributed by atoms with van der Waals surface area (Å²) in [7, 11) is 2.10. The Morgan fingerprint density at radius 3 is 2.62 bits per heavy atom. The molecule has 1 aliphatic heterocycles. The quantitative estimate of drug-likeness (QED) is 0.458. The molecule has 0 unspecified atom stereocenters. The minimum absolute atomic E-state index is 0. The van der Waals surface area contributed by atoms with Crippen molar-refractivity contribution in [2.75, 3.05) is 46.4 Å². The highest BCUT2D eigenvalue weighted by atomic mass is 127. The Morgan fingerprint density at radius 1 is 1.29 bits per heavy atom. The maximum absolute atomic E-state index is 5.99. The SMILES string of the molecule is CN(CCN=C(N)N1CCOCC1)Cc1ccccc1.I. The molecule has 1 aliphatic rings. The van der Waals surface area contributed by atoms with E-state index in [0.717, 1.165) is 45.9 Å². The molecule has 1 aromatic rings. The van der Waals surface area contributed by atoms with Gasteiger partial charge in [-0.3, -0.25) is 4.99 Å². The Labute approximate surface area is 144 Å². The minimum atomic E-state index is 0. The Balaban J connectivity index is 0.00000220. The number of nitrogens with two attached hydrogens (primary N) is 1. The molecule has 0 bridgehead atoms. The molecule has 0 aromatic heterocycles. The number of hydrogen-bond donors (Lipinski definition) is 1. The van der Waals surface area contributed by atoms with Crippen molar-refractivity contribution in [1.29, 1.82) is 0 Å². The fraction of sp³-hybridized carbons (Fsp3) is 0.533. The third-order valence-electron chi connectivity index (χ3n) is 3.39. The van der Waals surface area contributed by atoms with Crippen LogP contribution >= 0.6 is 24.0 Å². The van der Waals surface area contributed by atoms with Crippen LogP contribution in [0.4, 0.5) is 0 Å². The molecular formula is C15H25IN4O. The van der Waals surface area contributed by atoms with E-state index in [1.807, 2.05) is 6.07 Å². The highest BCUT2D eigenvalue weighted by Crippen LogP contribution is 2.02. The van der Waals surface area contributed by atoms with Crippen LogP contribution in [-0.4, -0.2) is 62.2 Å². The van der Waals surface area contributed by atoms with Gasteiger partial charge < -0.3 is 20.3 Å². The van der Waals surface area contributed by atoms with Crippen molar-refractivity contribution in [3.05, 3.63) is 35.9 Å². The van der Waals surface area contributed by atoms with Crippen LogP contribution in [0.25, 0.3) is 0 Å². The molecule has 1 saturated heterocycles. The number of likely N-dealkylation sites (N-methyl/N-ethyl adjacent to an activating group) is 1. The van der Waals surface area contributed by atoms with E-state index in [0.29, 0.717) is 5.96 Å². The number of nitrogens with zero attached hydrogens (tertiary/aromatic N) is 3. The number of rotatable bonds is 5. The van der Waals surface area contributed by atoms with Gasteiger partial charge in [-0.05, 0) is 12.6 Å². The Kier molecular flexibility index (Phi) is 8.63. The van der Waals surface area contributed by atoms with Gasteiger partial charge in [0, 0.05) is 26.2 Å². The number of aliphatic imine (C=N–C) groups is 1. The van der Waals surface area contributed by atoms with Crippen molar-refractivity contribution in [3.63, 3.8) is 0 Å². The fourth-order valence-electron chi connectivity index (χ4n) is 2.20. The lowest BCUT2D eigenvalue weighted by Crippen LogP contribution is -2.45. The lowest BCUT2D eigenvalue weighted by molar-refractivity contribution is 0.0674. The molecule has 2 N–H and O–H groups in total. The first-order valence-electron chi connectivity index (χ1n) is 7.11. The van der Waals surface area contributed by atoms with Gasteiger partial charge in [-0.25, -0.2) is 0 Å². The van der Waals surface area contributed by atoms with Crippen LogP contribution in [0.3, 0.4) is 0 Å². The summed E-state index contributed by atoms with van der Waals surface area (Å²) in [6.45, 7) is 5.74. The second-order valence-electron chi connectivity index (χ2n) is 5.06. The topological polar surface area (TPSA) is 54.1 Å². The highest BCUT2D eigenvalue weighted by Gasteiger charge is 2.11. The van der Waals surface area contributed by atoms with E-state index >= 15 is 0 Å². The van der Waals surface area contributed by atoms with E-state index in [2.05, 4.69) is 46.1 Å². The van der Waals surface area contributed by atoms with Crippen molar-refractivity contribution >= 4 is 29.9 Å². The summed E-state index contributed by atoms with van der Waals surface area (Å²) >= 11 is 0. The molecule has 118 valence electrons. The molecule has 0 saturated carbocycles. The molecule has 0 amide bonds. The lowest BCUT2D eigenvalue weighted by atomic mass is 10.2. The number of morpholine rings is 1. The summed E-state index contributed by atoms with van der Waals surface area (Å²) in [5, 5.41) is 0. The Bertz CT molecular complexity index is 421. The van der Waals surface area contributed by atoms with Gasteiger partial charge in [0.2, 0.25) is 0 Å². The number of halogens is 1. The van der Waals surface area contributed by atoms with E-state index in [-0.39, 0.29) is 24.0 Å². The second kappa shape index (κ2) is 9.97. The molecule has 21 heavy (non-hydrogen) atoms. The maximum atomic E-state index is 5.99. The molecule has 5 nitrogen and oxygen atoms in total. The molecule has 1 fully saturated rings. The van der Waals surface area contributed by atoms with Gasteiger partial charge in [-0.15, -0.1) is 24.0 Å². The largest absolute Gasteiger partial charge is 0.378 e. The van der Waals surface area contributed by atoms with Crippen molar-refractivity contribution in [1.82, 2.24) is 9.80 Å². The number of benzene rings is 1. The Hall–Kier alpha value is -0.860. The first-order chi connectivity index (χ1) is 9.75. The normalized spacial score (nSPS) is 15.9. The van der Waals surface area contributed by atoms with Gasteiger partial charge in [0.1, 0.15) is 0 Å². The summed E-state index contributed by atoms with van der Waals surface area (Å²) < 4.78 is 5.30. The van der Waals surface area contributed by atoms with Gasteiger partial charge in [0.25, 0.3) is 0 Å². The Morgan fingerprint density at radius 2 is 1.95 bits per heavy atom. The van der Waals surface area contributed by atoms with Crippen LogP contribution in [0, 0.1) is 0 Å². The van der Waals surface area contributed by atoms with Crippen molar-refractivity contribution in [2.24, 2.45) is 10.7 Å². The third-order valence-corrected chi connectivity index (χ3v) is 3.39. The predicted octanol–water partition coefficient (Wildman–Crippen LogP) is 1.38. The molecule has 0 atom stereocenters.